The summed E-state index contributed by atoms with van der Waals surface area (Å²) >= 11 is 4.75. The van der Waals surface area contributed by atoms with Gasteiger partial charge in [-0.3, -0.25) is 0 Å². The van der Waals surface area contributed by atoms with Crippen LogP contribution < -0.4 is 5.73 Å². The molecule has 0 radical (unpaired) electrons. The normalized spacial score (nSPS) is 24.2. The number of hydrogen-bond acceptors (Lipinski definition) is 4. The summed E-state index contributed by atoms with van der Waals surface area (Å²) in [6.45, 7) is 2.51. The minimum absolute atomic E-state index is 0.0990. The van der Waals surface area contributed by atoms with Gasteiger partial charge in [0, 0.05) is 24.5 Å². The van der Waals surface area contributed by atoms with Gasteiger partial charge in [0.25, 0.3) is 0 Å². The lowest BCUT2D eigenvalue weighted by Crippen LogP contribution is -2.42. The lowest BCUT2D eigenvalue weighted by molar-refractivity contribution is 0.213. The molecule has 2 unspecified atom stereocenters. The van der Waals surface area contributed by atoms with Crippen LogP contribution in [0.25, 0.3) is 0 Å². The van der Waals surface area contributed by atoms with Gasteiger partial charge in [0.05, 0.1) is 3.79 Å². The fraction of sp³-hybridized carbons (Fsp3) is 0.692. The molecular formula is C13H21BrN2O2S2. The van der Waals surface area contributed by atoms with E-state index >= 15 is 0 Å². The van der Waals surface area contributed by atoms with Gasteiger partial charge in [-0.1, -0.05) is 19.8 Å². The van der Waals surface area contributed by atoms with Crippen molar-refractivity contribution in [2.45, 2.75) is 50.1 Å². The molecule has 2 atom stereocenters. The molecule has 0 aliphatic heterocycles. The zero-order valence-electron chi connectivity index (χ0n) is 11.8. The third kappa shape index (κ3) is 3.11. The molecule has 114 valence electrons. The quantitative estimate of drug-likeness (QED) is 0.871. The lowest BCUT2D eigenvalue weighted by atomic mass is 9.86. The van der Waals surface area contributed by atoms with Crippen molar-refractivity contribution in [3.05, 3.63) is 14.7 Å². The third-order valence-corrected chi connectivity index (χ3v) is 8.26. The van der Waals surface area contributed by atoms with Crippen molar-refractivity contribution in [2.75, 3.05) is 7.05 Å². The van der Waals surface area contributed by atoms with E-state index in [1.165, 1.54) is 17.8 Å². The lowest BCUT2D eigenvalue weighted by Gasteiger charge is -2.35. The molecule has 1 aliphatic carbocycles. The van der Waals surface area contributed by atoms with E-state index < -0.39 is 10.0 Å². The van der Waals surface area contributed by atoms with Crippen molar-refractivity contribution < 1.29 is 8.42 Å². The van der Waals surface area contributed by atoms with Crippen LogP contribution in [0.3, 0.4) is 0 Å². The summed E-state index contributed by atoms with van der Waals surface area (Å²) in [6.07, 6.45) is 4.35. The zero-order chi connectivity index (χ0) is 14.9. The Kier molecular flexibility index (Phi) is 5.29. The summed E-state index contributed by atoms with van der Waals surface area (Å²) in [6, 6.07) is 1.79. The fourth-order valence-corrected chi connectivity index (χ4v) is 6.84. The Labute approximate surface area is 133 Å². The van der Waals surface area contributed by atoms with Gasteiger partial charge in [0.15, 0.2) is 0 Å². The monoisotopic (exact) mass is 380 g/mol. The van der Waals surface area contributed by atoms with Crippen LogP contribution in [0.15, 0.2) is 14.7 Å². The molecule has 2 N–H and O–H groups in total. The summed E-state index contributed by atoms with van der Waals surface area (Å²) in [7, 11) is -1.75. The Morgan fingerprint density at radius 3 is 2.65 bits per heavy atom. The summed E-state index contributed by atoms with van der Waals surface area (Å²) in [5.74, 6) is 0.412. The molecule has 1 aliphatic rings. The van der Waals surface area contributed by atoms with Crippen molar-refractivity contribution in [3.8, 4) is 0 Å². The van der Waals surface area contributed by atoms with E-state index in [0.29, 0.717) is 21.1 Å². The molecule has 0 spiro atoms. The number of nitrogens with zero attached hydrogens (tertiary/aromatic N) is 1. The molecule has 1 fully saturated rings. The molecule has 7 heteroatoms. The maximum atomic E-state index is 12.8. The average Bonchev–Trinajstić information content (AvgIpc) is 2.80. The summed E-state index contributed by atoms with van der Waals surface area (Å²) in [4.78, 5) is 1.23. The van der Waals surface area contributed by atoms with E-state index in [2.05, 4.69) is 22.9 Å². The maximum absolute atomic E-state index is 12.8. The first kappa shape index (κ1) is 16.4. The summed E-state index contributed by atoms with van der Waals surface area (Å²) < 4.78 is 27.8. The minimum Gasteiger partial charge on any atom is -0.326 e. The second-order valence-electron chi connectivity index (χ2n) is 5.41. The predicted molar refractivity (Wildman–Crippen MR) is 86.3 cm³/mol. The first-order chi connectivity index (χ1) is 9.37. The number of nitrogens with two attached hydrogens (primary N) is 1. The Hall–Kier alpha value is 0.0500. The van der Waals surface area contributed by atoms with Gasteiger partial charge in [-0.15, -0.1) is 11.3 Å². The third-order valence-electron chi connectivity index (χ3n) is 4.10. The Morgan fingerprint density at radius 1 is 1.45 bits per heavy atom. The van der Waals surface area contributed by atoms with Gasteiger partial charge in [-0.05, 0) is 40.8 Å². The van der Waals surface area contributed by atoms with Crippen molar-refractivity contribution in [1.29, 1.82) is 0 Å². The number of sulfonamides is 1. The Morgan fingerprint density at radius 2 is 2.10 bits per heavy atom. The van der Waals surface area contributed by atoms with E-state index in [0.717, 1.165) is 24.1 Å². The van der Waals surface area contributed by atoms with E-state index in [1.807, 2.05) is 0 Å². The largest absolute Gasteiger partial charge is 0.326 e. The smallest absolute Gasteiger partial charge is 0.245 e. The molecule has 4 nitrogen and oxygen atoms in total. The van der Waals surface area contributed by atoms with Gasteiger partial charge in [0.2, 0.25) is 10.0 Å². The number of hydrogen-bond donors (Lipinski definition) is 1. The highest BCUT2D eigenvalue weighted by Crippen LogP contribution is 2.36. The summed E-state index contributed by atoms with van der Waals surface area (Å²) in [5.41, 5.74) is 5.60. The molecule has 0 aromatic carbocycles. The molecule has 1 aromatic heterocycles. The maximum Gasteiger partial charge on any atom is 0.245 e. The molecule has 1 aromatic rings. The molecule has 1 saturated carbocycles. The molecule has 20 heavy (non-hydrogen) atoms. The van der Waals surface area contributed by atoms with Crippen LogP contribution in [0.1, 0.15) is 37.5 Å². The van der Waals surface area contributed by atoms with Gasteiger partial charge in [0.1, 0.15) is 4.90 Å². The molecular weight excluding hydrogens is 360 g/mol. The first-order valence-electron chi connectivity index (χ1n) is 6.84. The van der Waals surface area contributed by atoms with Crippen LogP contribution in [-0.2, 0) is 16.6 Å². The fourth-order valence-electron chi connectivity index (χ4n) is 2.84. The highest BCUT2D eigenvalue weighted by molar-refractivity contribution is 9.11. The SMILES string of the molecule is CC1CCCCC1N(C)S(=O)(=O)c1cc(CN)sc1Br. The van der Waals surface area contributed by atoms with Crippen LogP contribution in [-0.4, -0.2) is 25.8 Å². The highest BCUT2D eigenvalue weighted by atomic mass is 79.9. The highest BCUT2D eigenvalue weighted by Gasteiger charge is 2.34. The van der Waals surface area contributed by atoms with Gasteiger partial charge in [-0.2, -0.15) is 4.31 Å². The Bertz CT molecular complexity index is 571. The number of rotatable bonds is 4. The Balaban J connectivity index is 2.31. The van der Waals surface area contributed by atoms with E-state index in [9.17, 15) is 8.42 Å². The zero-order valence-corrected chi connectivity index (χ0v) is 15.0. The van der Waals surface area contributed by atoms with Crippen LogP contribution >= 0.6 is 27.3 Å². The van der Waals surface area contributed by atoms with Gasteiger partial charge >= 0.3 is 0 Å². The minimum atomic E-state index is -3.45. The van der Waals surface area contributed by atoms with Crippen molar-refractivity contribution in [2.24, 2.45) is 11.7 Å². The first-order valence-corrected chi connectivity index (χ1v) is 9.89. The number of thiophene rings is 1. The van der Waals surface area contributed by atoms with Crippen molar-refractivity contribution in [1.82, 2.24) is 4.31 Å². The van der Waals surface area contributed by atoms with Crippen molar-refractivity contribution in [3.63, 3.8) is 0 Å². The van der Waals surface area contributed by atoms with Crippen LogP contribution in [0.2, 0.25) is 0 Å². The van der Waals surface area contributed by atoms with Crippen LogP contribution in [0.4, 0.5) is 0 Å². The molecule has 0 amide bonds. The number of halogens is 1. The predicted octanol–water partition coefficient (Wildman–Crippen LogP) is 3.17. The molecule has 1 heterocycles. The van der Waals surface area contributed by atoms with E-state index in [-0.39, 0.29) is 6.04 Å². The van der Waals surface area contributed by atoms with E-state index in [4.69, 9.17) is 5.73 Å². The topological polar surface area (TPSA) is 63.4 Å². The second-order valence-corrected chi connectivity index (χ2v) is 9.83. The molecule has 0 bridgehead atoms. The van der Waals surface area contributed by atoms with E-state index in [1.54, 1.807) is 17.4 Å². The molecule has 2 rings (SSSR count). The second kappa shape index (κ2) is 6.44. The van der Waals surface area contributed by atoms with Gasteiger partial charge < -0.3 is 5.73 Å². The van der Waals surface area contributed by atoms with Gasteiger partial charge in [-0.25, -0.2) is 8.42 Å². The average molecular weight is 381 g/mol. The standard InChI is InChI=1S/C13H21BrN2O2S2/c1-9-5-3-4-6-11(9)16(2)20(17,18)12-7-10(8-15)19-13(12)14/h7,9,11H,3-6,8,15H2,1-2H3. The summed E-state index contributed by atoms with van der Waals surface area (Å²) in [5, 5.41) is 0. The van der Waals surface area contributed by atoms with Crippen molar-refractivity contribution >= 4 is 37.3 Å². The van der Waals surface area contributed by atoms with Crippen LogP contribution in [0.5, 0.6) is 0 Å². The van der Waals surface area contributed by atoms with Crippen LogP contribution in [0, 0.1) is 5.92 Å². The molecule has 0 saturated heterocycles.